The number of nitrogens with zero attached hydrogens (tertiary/aromatic N) is 3. The molecule has 1 atom stereocenters. The Morgan fingerprint density at radius 1 is 0.868 bits per heavy atom. The minimum absolute atomic E-state index is 0.0838. The van der Waals surface area contributed by atoms with E-state index >= 15 is 0 Å². The highest BCUT2D eigenvalue weighted by Gasteiger charge is 2.32. The molecule has 0 bridgehead atoms. The lowest BCUT2D eigenvalue weighted by Gasteiger charge is -2.38. The van der Waals surface area contributed by atoms with Gasteiger partial charge in [0, 0.05) is 26.2 Å². The van der Waals surface area contributed by atoms with Crippen LogP contribution in [0.25, 0.3) is 0 Å². The van der Waals surface area contributed by atoms with Crippen molar-refractivity contribution in [3.05, 3.63) is 65.2 Å². The Morgan fingerprint density at radius 2 is 1.47 bits per heavy atom. The molecule has 1 saturated heterocycles. The third-order valence-electron chi connectivity index (χ3n) is 6.67. The fourth-order valence-corrected chi connectivity index (χ4v) is 4.51. The van der Waals surface area contributed by atoms with Crippen LogP contribution in [0, 0.1) is 0 Å². The summed E-state index contributed by atoms with van der Waals surface area (Å²) in [7, 11) is 3.89. The van der Waals surface area contributed by atoms with E-state index in [0.717, 1.165) is 22.4 Å². The summed E-state index contributed by atoms with van der Waals surface area (Å²) in [6.07, 6.45) is 0.276. The molecule has 2 aromatic carbocycles. The lowest BCUT2D eigenvalue weighted by atomic mass is 9.84. The second kappa shape index (κ2) is 12.2. The lowest BCUT2D eigenvalue weighted by molar-refractivity contribution is -0.137. The number of carbonyl (C=O) groups is 2. The van der Waals surface area contributed by atoms with Gasteiger partial charge in [0.2, 0.25) is 5.91 Å². The van der Waals surface area contributed by atoms with Crippen LogP contribution in [0.4, 0.5) is 4.79 Å². The van der Waals surface area contributed by atoms with E-state index in [-0.39, 0.29) is 23.5 Å². The van der Waals surface area contributed by atoms with Gasteiger partial charge in [-0.15, -0.1) is 0 Å². The van der Waals surface area contributed by atoms with E-state index in [4.69, 9.17) is 9.47 Å². The average Bonchev–Trinajstić information content (AvgIpc) is 2.85. The van der Waals surface area contributed by atoms with Gasteiger partial charge in [0.15, 0.2) is 0 Å². The van der Waals surface area contributed by atoms with Crippen molar-refractivity contribution in [3.8, 4) is 5.75 Å². The summed E-state index contributed by atoms with van der Waals surface area (Å²) in [5, 5.41) is 0. The van der Waals surface area contributed by atoms with Crippen LogP contribution < -0.4 is 4.74 Å². The maximum Gasteiger partial charge on any atom is 0.410 e. The Morgan fingerprint density at radius 3 is 2.03 bits per heavy atom. The first-order chi connectivity index (χ1) is 17.7. The zero-order valence-electron chi connectivity index (χ0n) is 24.4. The largest absolute Gasteiger partial charge is 0.489 e. The molecule has 0 aromatic heterocycles. The summed E-state index contributed by atoms with van der Waals surface area (Å²) in [5.41, 5.74) is 2.70. The molecule has 208 valence electrons. The zero-order chi connectivity index (χ0) is 28.1. The number of rotatable bonds is 7. The molecule has 0 radical (unpaired) electrons. The van der Waals surface area contributed by atoms with E-state index in [2.05, 4.69) is 45.0 Å². The molecule has 0 spiro atoms. The van der Waals surface area contributed by atoms with Gasteiger partial charge >= 0.3 is 6.09 Å². The summed E-state index contributed by atoms with van der Waals surface area (Å²) in [4.78, 5) is 31.5. The van der Waals surface area contributed by atoms with Crippen LogP contribution in [0.1, 0.15) is 58.2 Å². The first-order valence-corrected chi connectivity index (χ1v) is 13.5. The highest BCUT2D eigenvalue weighted by atomic mass is 16.6. The quantitative estimate of drug-likeness (QED) is 0.504. The van der Waals surface area contributed by atoms with Crippen molar-refractivity contribution in [2.75, 3.05) is 40.3 Å². The van der Waals surface area contributed by atoms with Crippen molar-refractivity contribution in [3.63, 3.8) is 0 Å². The Balaban J connectivity index is 1.69. The lowest BCUT2D eigenvalue weighted by Crippen LogP contribution is -2.55. The Bertz CT molecular complexity index is 1080. The summed E-state index contributed by atoms with van der Waals surface area (Å²) < 4.78 is 11.7. The van der Waals surface area contributed by atoms with Crippen molar-refractivity contribution in [2.45, 2.75) is 71.6 Å². The first-order valence-electron chi connectivity index (χ1n) is 13.5. The van der Waals surface area contributed by atoms with Crippen molar-refractivity contribution in [1.82, 2.24) is 14.7 Å². The van der Waals surface area contributed by atoms with Crippen LogP contribution in [0.5, 0.6) is 5.75 Å². The van der Waals surface area contributed by atoms with E-state index < -0.39 is 5.60 Å². The molecule has 1 fully saturated rings. The fourth-order valence-electron chi connectivity index (χ4n) is 4.51. The number of ether oxygens (including phenoxy) is 2. The van der Waals surface area contributed by atoms with Crippen LogP contribution in [0.2, 0.25) is 0 Å². The molecular weight excluding hydrogens is 478 g/mol. The number of benzene rings is 2. The van der Waals surface area contributed by atoms with Gasteiger partial charge in [-0.25, -0.2) is 4.79 Å². The molecule has 2 amide bonds. The van der Waals surface area contributed by atoms with E-state index in [1.807, 2.05) is 68.9 Å². The smallest absolute Gasteiger partial charge is 0.410 e. The standard InChI is InChI=1S/C31H45N3O4/c1-30(2,3)25-20-24(14-15-27(25)37-22-23-12-10-9-11-13-23)21-26(32(7)8)28(35)33-16-18-34(19-17-33)29(36)38-31(4,5)6/h9-15,20,26H,16-19,21-22H2,1-8H3/t26-/m0/s1. The molecule has 0 N–H and O–H groups in total. The molecule has 38 heavy (non-hydrogen) atoms. The maximum atomic E-state index is 13.6. The van der Waals surface area contributed by atoms with Gasteiger partial charge in [-0.2, -0.15) is 0 Å². The number of piperazine rings is 1. The van der Waals surface area contributed by atoms with Crippen LogP contribution in [0.3, 0.4) is 0 Å². The number of hydrogen-bond donors (Lipinski definition) is 0. The minimum atomic E-state index is -0.534. The van der Waals surface area contributed by atoms with Gasteiger partial charge in [0.05, 0.1) is 6.04 Å². The maximum absolute atomic E-state index is 13.6. The van der Waals surface area contributed by atoms with Crippen LogP contribution >= 0.6 is 0 Å². The van der Waals surface area contributed by atoms with E-state index in [1.165, 1.54) is 0 Å². The zero-order valence-corrected chi connectivity index (χ0v) is 24.4. The average molecular weight is 524 g/mol. The number of hydrogen-bond acceptors (Lipinski definition) is 5. The van der Waals surface area contributed by atoms with Crippen LogP contribution in [-0.2, 0) is 28.0 Å². The van der Waals surface area contributed by atoms with Crippen LogP contribution in [0.15, 0.2) is 48.5 Å². The summed E-state index contributed by atoms with van der Waals surface area (Å²) in [6, 6.07) is 16.1. The molecule has 3 rings (SSSR count). The van der Waals surface area contributed by atoms with Crippen LogP contribution in [-0.4, -0.2) is 78.6 Å². The molecule has 0 saturated carbocycles. The van der Waals surface area contributed by atoms with Gasteiger partial charge in [-0.3, -0.25) is 9.69 Å². The van der Waals surface area contributed by atoms with E-state index in [9.17, 15) is 9.59 Å². The van der Waals surface area contributed by atoms with Crippen molar-refractivity contribution >= 4 is 12.0 Å². The van der Waals surface area contributed by atoms with Crippen molar-refractivity contribution in [1.29, 1.82) is 0 Å². The Labute approximate surface area is 228 Å². The van der Waals surface area contributed by atoms with E-state index in [0.29, 0.717) is 39.2 Å². The Hall–Kier alpha value is -3.06. The third-order valence-corrected chi connectivity index (χ3v) is 6.67. The number of carbonyl (C=O) groups excluding carboxylic acids is 2. The molecule has 1 aliphatic heterocycles. The van der Waals surface area contributed by atoms with Gasteiger partial charge < -0.3 is 19.3 Å². The topological polar surface area (TPSA) is 62.3 Å². The summed E-state index contributed by atoms with van der Waals surface area (Å²) in [5.74, 6) is 0.955. The van der Waals surface area contributed by atoms with Gasteiger partial charge in [0.1, 0.15) is 18.0 Å². The third kappa shape index (κ3) is 8.22. The van der Waals surface area contributed by atoms with Crippen molar-refractivity contribution < 1.29 is 19.1 Å². The van der Waals surface area contributed by atoms with Crippen molar-refractivity contribution in [2.24, 2.45) is 0 Å². The highest BCUT2D eigenvalue weighted by molar-refractivity contribution is 5.82. The molecule has 0 unspecified atom stereocenters. The number of amides is 2. The second-order valence-electron chi connectivity index (χ2n) is 12.3. The monoisotopic (exact) mass is 523 g/mol. The highest BCUT2D eigenvalue weighted by Crippen LogP contribution is 2.33. The number of likely N-dealkylation sites (N-methyl/N-ethyl adjacent to an activating group) is 1. The summed E-state index contributed by atoms with van der Waals surface area (Å²) in [6.45, 7) is 14.6. The molecule has 1 aliphatic rings. The second-order valence-corrected chi connectivity index (χ2v) is 12.3. The predicted molar refractivity (Wildman–Crippen MR) is 151 cm³/mol. The predicted octanol–water partition coefficient (Wildman–Crippen LogP) is 5.12. The first kappa shape index (κ1) is 29.5. The molecule has 1 heterocycles. The van der Waals surface area contributed by atoms with Gasteiger partial charge in [-0.05, 0) is 69.5 Å². The SMILES string of the molecule is CN(C)[C@@H](Cc1ccc(OCc2ccccc2)c(C(C)(C)C)c1)C(=O)N1CCN(C(=O)OC(C)(C)C)CC1. The molecular formula is C31H45N3O4. The van der Waals surface area contributed by atoms with Gasteiger partial charge in [0.25, 0.3) is 0 Å². The minimum Gasteiger partial charge on any atom is -0.489 e. The molecule has 7 nitrogen and oxygen atoms in total. The Kier molecular flexibility index (Phi) is 9.47. The molecule has 0 aliphatic carbocycles. The van der Waals surface area contributed by atoms with Gasteiger partial charge in [-0.1, -0.05) is 63.2 Å². The van der Waals surface area contributed by atoms with E-state index in [1.54, 1.807) is 4.90 Å². The molecule has 2 aromatic rings. The summed E-state index contributed by atoms with van der Waals surface area (Å²) >= 11 is 0. The normalized spacial score (nSPS) is 15.4. The molecule has 7 heteroatoms. The fraction of sp³-hybridized carbons (Fsp3) is 0.548.